The third-order valence-electron chi connectivity index (χ3n) is 1.96. The van der Waals surface area contributed by atoms with Crippen LogP contribution < -0.4 is 10.6 Å². The Kier molecular flexibility index (Phi) is 3.60. The molecular formula is C10H17N5. The number of hydrogen-bond donors (Lipinski definition) is 2. The summed E-state index contributed by atoms with van der Waals surface area (Å²) in [6.07, 6.45) is 1.17. The largest absolute Gasteiger partial charge is 0.387 e. The van der Waals surface area contributed by atoms with Crippen LogP contribution in [0.1, 0.15) is 18.4 Å². The molecular weight excluding hydrogens is 190 g/mol. The molecule has 0 saturated heterocycles. The van der Waals surface area contributed by atoms with Crippen LogP contribution in [-0.4, -0.2) is 29.9 Å². The summed E-state index contributed by atoms with van der Waals surface area (Å²) in [7, 11) is 3.86. The highest BCUT2D eigenvalue weighted by Gasteiger charge is 2.05. The summed E-state index contributed by atoms with van der Waals surface area (Å²) in [5.74, 6) is 1.77. The summed E-state index contributed by atoms with van der Waals surface area (Å²) in [4.78, 5) is 10.6. The van der Waals surface area contributed by atoms with E-state index < -0.39 is 0 Å². The summed E-state index contributed by atoms with van der Waals surface area (Å²) >= 11 is 0. The minimum atomic E-state index is 0.125. The molecule has 0 unspecified atom stereocenters. The molecule has 0 atom stereocenters. The minimum Gasteiger partial charge on any atom is -0.387 e. The molecule has 0 radical (unpaired) electrons. The molecule has 0 aliphatic carbocycles. The predicted octanol–water partition coefficient (Wildman–Crippen LogP) is 0.583. The lowest BCUT2D eigenvalue weighted by Gasteiger charge is -2.13. The van der Waals surface area contributed by atoms with Crippen molar-refractivity contribution in [2.45, 2.75) is 19.8 Å². The van der Waals surface area contributed by atoms with Crippen LogP contribution in [-0.2, 0) is 12.8 Å². The number of nitrogens with zero attached hydrogens (tertiary/aromatic N) is 3. The number of rotatable bonds is 4. The van der Waals surface area contributed by atoms with Crippen molar-refractivity contribution in [2.24, 2.45) is 5.73 Å². The van der Waals surface area contributed by atoms with Crippen molar-refractivity contribution in [2.75, 3.05) is 19.0 Å². The fraction of sp³-hybridized carbons (Fsp3) is 0.500. The van der Waals surface area contributed by atoms with Crippen LogP contribution in [0.15, 0.2) is 6.07 Å². The zero-order valence-corrected chi connectivity index (χ0v) is 9.41. The number of nitrogens with one attached hydrogen (secondary N) is 1. The number of aromatic nitrogens is 2. The molecule has 1 heterocycles. The van der Waals surface area contributed by atoms with Gasteiger partial charge in [0.25, 0.3) is 0 Å². The topological polar surface area (TPSA) is 78.9 Å². The van der Waals surface area contributed by atoms with Crippen molar-refractivity contribution in [3.63, 3.8) is 0 Å². The van der Waals surface area contributed by atoms with Gasteiger partial charge in [0, 0.05) is 33.0 Å². The highest BCUT2D eigenvalue weighted by Crippen LogP contribution is 2.10. The van der Waals surface area contributed by atoms with Crippen molar-refractivity contribution in [3.8, 4) is 0 Å². The Morgan fingerprint density at radius 2 is 2.13 bits per heavy atom. The van der Waals surface area contributed by atoms with Crippen LogP contribution >= 0.6 is 0 Å². The number of anilines is 1. The lowest BCUT2D eigenvalue weighted by Crippen LogP contribution is -2.17. The molecule has 0 amide bonds. The van der Waals surface area contributed by atoms with Gasteiger partial charge in [0.1, 0.15) is 11.6 Å². The van der Waals surface area contributed by atoms with Crippen LogP contribution in [0, 0.1) is 5.41 Å². The second kappa shape index (κ2) is 4.72. The Morgan fingerprint density at radius 3 is 2.60 bits per heavy atom. The Labute approximate surface area is 89.8 Å². The second-order valence-electron chi connectivity index (χ2n) is 3.58. The first-order chi connectivity index (χ1) is 7.02. The molecule has 0 bridgehead atoms. The standard InChI is InChI=1S/C10H17N5/c1-4-9-13-7(5-8(11)12)6-10(14-9)15(2)3/h6H,4-5H2,1-3H3,(H3,11,12). The summed E-state index contributed by atoms with van der Waals surface area (Å²) in [5, 5.41) is 7.24. The Morgan fingerprint density at radius 1 is 1.47 bits per heavy atom. The van der Waals surface area contributed by atoms with Crippen molar-refractivity contribution >= 4 is 11.7 Å². The molecule has 1 aromatic rings. The van der Waals surface area contributed by atoms with E-state index in [2.05, 4.69) is 9.97 Å². The van der Waals surface area contributed by atoms with E-state index in [0.717, 1.165) is 23.8 Å². The normalized spacial score (nSPS) is 10.1. The van der Waals surface area contributed by atoms with Crippen molar-refractivity contribution < 1.29 is 0 Å². The summed E-state index contributed by atoms with van der Waals surface area (Å²) < 4.78 is 0. The molecule has 0 spiro atoms. The zero-order chi connectivity index (χ0) is 11.4. The number of hydrogen-bond acceptors (Lipinski definition) is 4. The van der Waals surface area contributed by atoms with Gasteiger partial charge < -0.3 is 10.6 Å². The molecule has 0 aliphatic heterocycles. The molecule has 15 heavy (non-hydrogen) atoms. The fourth-order valence-corrected chi connectivity index (χ4v) is 1.21. The van der Waals surface area contributed by atoms with Gasteiger partial charge in [0.05, 0.1) is 11.5 Å². The van der Waals surface area contributed by atoms with Crippen LogP contribution in [0.4, 0.5) is 5.82 Å². The molecule has 5 nitrogen and oxygen atoms in total. The summed E-state index contributed by atoms with van der Waals surface area (Å²) in [5.41, 5.74) is 6.16. The molecule has 5 heteroatoms. The lowest BCUT2D eigenvalue weighted by molar-refractivity contribution is 0.887. The average Bonchev–Trinajstić information content (AvgIpc) is 2.16. The van der Waals surface area contributed by atoms with E-state index >= 15 is 0 Å². The third kappa shape index (κ3) is 3.19. The highest BCUT2D eigenvalue weighted by atomic mass is 15.1. The summed E-state index contributed by atoms with van der Waals surface area (Å²) in [6.45, 7) is 2.01. The smallest absolute Gasteiger partial charge is 0.132 e. The lowest BCUT2D eigenvalue weighted by atomic mass is 10.2. The maximum absolute atomic E-state index is 7.24. The zero-order valence-electron chi connectivity index (χ0n) is 9.41. The van der Waals surface area contributed by atoms with Gasteiger partial charge in [-0.05, 0) is 0 Å². The Hall–Kier alpha value is -1.65. The Balaban J connectivity index is 3.05. The molecule has 1 rings (SSSR count). The molecule has 82 valence electrons. The van der Waals surface area contributed by atoms with Gasteiger partial charge in [-0.2, -0.15) is 0 Å². The molecule has 0 aromatic carbocycles. The monoisotopic (exact) mass is 207 g/mol. The van der Waals surface area contributed by atoms with Gasteiger partial charge >= 0.3 is 0 Å². The van der Waals surface area contributed by atoms with E-state index in [9.17, 15) is 0 Å². The van der Waals surface area contributed by atoms with Crippen LogP contribution in [0.3, 0.4) is 0 Å². The summed E-state index contributed by atoms with van der Waals surface area (Å²) in [6, 6.07) is 1.86. The van der Waals surface area contributed by atoms with Crippen LogP contribution in [0.5, 0.6) is 0 Å². The first kappa shape index (κ1) is 11.4. The van der Waals surface area contributed by atoms with Gasteiger partial charge in [-0.1, -0.05) is 6.92 Å². The maximum atomic E-state index is 7.24. The first-order valence-electron chi connectivity index (χ1n) is 4.90. The van der Waals surface area contributed by atoms with Crippen molar-refractivity contribution in [1.29, 1.82) is 5.41 Å². The van der Waals surface area contributed by atoms with E-state index in [1.165, 1.54) is 0 Å². The molecule has 0 saturated carbocycles. The maximum Gasteiger partial charge on any atom is 0.132 e. The number of aryl methyl sites for hydroxylation is 1. The SMILES string of the molecule is CCc1nc(CC(=N)N)cc(N(C)C)n1. The van der Waals surface area contributed by atoms with E-state index in [4.69, 9.17) is 11.1 Å². The second-order valence-corrected chi connectivity index (χ2v) is 3.58. The molecule has 0 aliphatic rings. The average molecular weight is 207 g/mol. The van der Waals surface area contributed by atoms with Gasteiger partial charge in [0.15, 0.2) is 0 Å². The van der Waals surface area contributed by atoms with E-state index in [-0.39, 0.29) is 5.84 Å². The number of nitrogens with two attached hydrogens (primary N) is 1. The van der Waals surface area contributed by atoms with E-state index in [1.54, 1.807) is 0 Å². The number of amidine groups is 1. The predicted molar refractivity (Wildman–Crippen MR) is 61.4 cm³/mol. The van der Waals surface area contributed by atoms with Crippen LogP contribution in [0.25, 0.3) is 0 Å². The van der Waals surface area contributed by atoms with Crippen molar-refractivity contribution in [1.82, 2.24) is 9.97 Å². The molecule has 0 fully saturated rings. The third-order valence-corrected chi connectivity index (χ3v) is 1.96. The first-order valence-corrected chi connectivity index (χ1v) is 4.90. The highest BCUT2D eigenvalue weighted by molar-refractivity contribution is 5.79. The Bertz CT molecular complexity index is 359. The van der Waals surface area contributed by atoms with Crippen molar-refractivity contribution in [3.05, 3.63) is 17.6 Å². The van der Waals surface area contributed by atoms with Gasteiger partial charge in [-0.15, -0.1) is 0 Å². The van der Waals surface area contributed by atoms with Gasteiger partial charge in [-0.25, -0.2) is 9.97 Å². The van der Waals surface area contributed by atoms with Gasteiger partial charge in [0.2, 0.25) is 0 Å². The minimum absolute atomic E-state index is 0.125. The van der Waals surface area contributed by atoms with Crippen LogP contribution in [0.2, 0.25) is 0 Å². The quantitative estimate of drug-likeness (QED) is 0.559. The fourth-order valence-electron chi connectivity index (χ4n) is 1.21. The van der Waals surface area contributed by atoms with E-state index in [1.807, 2.05) is 32.0 Å². The molecule has 3 N–H and O–H groups in total. The van der Waals surface area contributed by atoms with Gasteiger partial charge in [-0.3, -0.25) is 5.41 Å². The van der Waals surface area contributed by atoms with E-state index in [0.29, 0.717) is 6.42 Å². The molecule has 1 aromatic heterocycles.